The van der Waals surface area contributed by atoms with Crippen molar-refractivity contribution in [1.29, 1.82) is 0 Å². The number of nitrogens with one attached hydrogen (secondary N) is 2. The van der Waals surface area contributed by atoms with E-state index in [4.69, 9.17) is 21.1 Å². The minimum Gasteiger partial charge on any atom is -0.461 e. The Morgan fingerprint density at radius 2 is 2.07 bits per heavy atom. The summed E-state index contributed by atoms with van der Waals surface area (Å²) < 4.78 is 11.0. The van der Waals surface area contributed by atoms with Crippen molar-refractivity contribution in [2.24, 2.45) is 0 Å². The lowest BCUT2D eigenvalue weighted by molar-refractivity contribution is 0.122. The molecule has 1 saturated heterocycles. The van der Waals surface area contributed by atoms with E-state index in [0.29, 0.717) is 48.9 Å². The van der Waals surface area contributed by atoms with E-state index in [9.17, 15) is 4.79 Å². The van der Waals surface area contributed by atoms with Crippen LogP contribution in [0.1, 0.15) is 0 Å². The van der Waals surface area contributed by atoms with Gasteiger partial charge in [-0.2, -0.15) is 15.0 Å². The van der Waals surface area contributed by atoms with Crippen LogP contribution in [-0.2, 0) is 4.74 Å². The molecule has 11 heteroatoms. The van der Waals surface area contributed by atoms with Gasteiger partial charge in [0.15, 0.2) is 0 Å². The summed E-state index contributed by atoms with van der Waals surface area (Å²) in [6, 6.07) is 6.77. The van der Waals surface area contributed by atoms with E-state index in [2.05, 4.69) is 25.6 Å². The maximum atomic E-state index is 12.0. The topological polar surface area (TPSA) is 105 Å². The Labute approximate surface area is 174 Å². The molecule has 0 atom stereocenters. The first-order valence-electron chi connectivity index (χ1n) is 9.20. The molecule has 1 fully saturated rings. The Morgan fingerprint density at radius 1 is 1.28 bits per heavy atom. The van der Waals surface area contributed by atoms with Crippen molar-refractivity contribution in [3.05, 3.63) is 29.3 Å². The fraction of sp³-hybridized carbons (Fsp3) is 0.444. The lowest BCUT2D eigenvalue weighted by Gasteiger charge is -2.27. The van der Waals surface area contributed by atoms with Crippen molar-refractivity contribution in [3.63, 3.8) is 0 Å². The van der Waals surface area contributed by atoms with Crippen LogP contribution in [0.5, 0.6) is 6.01 Å². The second-order valence-corrected chi connectivity index (χ2v) is 6.89. The Morgan fingerprint density at radius 3 is 2.79 bits per heavy atom. The summed E-state index contributed by atoms with van der Waals surface area (Å²) in [5, 5.41) is 5.96. The molecule has 0 unspecified atom stereocenters. The van der Waals surface area contributed by atoms with Gasteiger partial charge in [0.05, 0.1) is 19.8 Å². The summed E-state index contributed by atoms with van der Waals surface area (Å²) >= 11 is 5.90. The molecule has 29 heavy (non-hydrogen) atoms. The number of nitrogens with zero attached hydrogens (tertiary/aromatic N) is 5. The van der Waals surface area contributed by atoms with Crippen molar-refractivity contribution in [3.8, 4) is 6.01 Å². The number of amides is 2. The van der Waals surface area contributed by atoms with Gasteiger partial charge >= 0.3 is 12.0 Å². The second-order valence-electron chi connectivity index (χ2n) is 6.45. The first kappa shape index (κ1) is 20.9. The van der Waals surface area contributed by atoms with Crippen LogP contribution in [0, 0.1) is 0 Å². The third-order valence-electron chi connectivity index (χ3n) is 3.99. The molecule has 156 valence electrons. The number of benzene rings is 1. The second kappa shape index (κ2) is 10.1. The summed E-state index contributed by atoms with van der Waals surface area (Å²) in [6.07, 6.45) is 0. The van der Waals surface area contributed by atoms with Crippen LogP contribution in [0.15, 0.2) is 24.3 Å². The molecular formula is C18H24ClN7O3. The van der Waals surface area contributed by atoms with E-state index in [1.54, 1.807) is 29.2 Å². The molecule has 1 aromatic heterocycles. The zero-order chi connectivity index (χ0) is 20.6. The number of urea groups is 1. The van der Waals surface area contributed by atoms with E-state index in [1.807, 2.05) is 19.0 Å². The van der Waals surface area contributed by atoms with E-state index in [0.717, 1.165) is 0 Å². The molecule has 3 rings (SSSR count). The quantitative estimate of drug-likeness (QED) is 0.650. The predicted molar refractivity (Wildman–Crippen MR) is 111 cm³/mol. The number of ether oxygens (including phenoxy) is 2. The number of aromatic nitrogens is 3. The maximum Gasteiger partial charge on any atom is 0.323 e. The van der Waals surface area contributed by atoms with E-state index in [1.165, 1.54) is 0 Å². The van der Waals surface area contributed by atoms with Gasteiger partial charge in [-0.05, 0) is 18.2 Å². The number of carbonyl (C=O) groups excluding carboxylic acids is 1. The smallest absolute Gasteiger partial charge is 0.323 e. The largest absolute Gasteiger partial charge is 0.461 e. The third kappa shape index (κ3) is 6.33. The number of halogens is 1. The fourth-order valence-electron chi connectivity index (χ4n) is 2.55. The number of hydrogen-bond donors (Lipinski definition) is 2. The Kier molecular flexibility index (Phi) is 7.25. The van der Waals surface area contributed by atoms with E-state index in [-0.39, 0.29) is 25.2 Å². The third-order valence-corrected chi connectivity index (χ3v) is 4.22. The average molecular weight is 422 g/mol. The van der Waals surface area contributed by atoms with Crippen molar-refractivity contribution in [2.75, 3.05) is 68.7 Å². The van der Waals surface area contributed by atoms with Gasteiger partial charge in [0.25, 0.3) is 0 Å². The van der Waals surface area contributed by atoms with Crippen LogP contribution < -0.4 is 25.2 Å². The highest BCUT2D eigenvalue weighted by Crippen LogP contribution is 2.17. The van der Waals surface area contributed by atoms with Gasteiger partial charge in [-0.1, -0.05) is 17.7 Å². The standard InChI is InChI=1S/C18H24ClN7O3/c1-25(2)15-22-16(26-7-10-28-11-8-26)24-18(23-15)29-9-6-20-17(27)21-14-5-3-4-13(19)12-14/h3-5,12H,6-11H2,1-2H3,(H2,20,21,27). The summed E-state index contributed by atoms with van der Waals surface area (Å²) in [5.74, 6) is 1.05. The van der Waals surface area contributed by atoms with Gasteiger partial charge in [0.2, 0.25) is 11.9 Å². The van der Waals surface area contributed by atoms with E-state index >= 15 is 0 Å². The molecule has 1 aliphatic rings. The molecule has 0 saturated carbocycles. The van der Waals surface area contributed by atoms with Crippen LogP contribution in [0.2, 0.25) is 5.02 Å². The molecule has 2 heterocycles. The molecule has 1 aliphatic heterocycles. The summed E-state index contributed by atoms with van der Waals surface area (Å²) in [5.41, 5.74) is 0.610. The highest BCUT2D eigenvalue weighted by molar-refractivity contribution is 6.30. The van der Waals surface area contributed by atoms with Crippen molar-refractivity contribution >= 4 is 35.2 Å². The van der Waals surface area contributed by atoms with Crippen molar-refractivity contribution in [2.45, 2.75) is 0 Å². The Balaban J connectivity index is 1.52. The molecule has 2 aromatic rings. The summed E-state index contributed by atoms with van der Waals surface area (Å²) in [4.78, 5) is 28.9. The first-order chi connectivity index (χ1) is 14.0. The van der Waals surface area contributed by atoms with E-state index < -0.39 is 0 Å². The fourth-order valence-corrected chi connectivity index (χ4v) is 2.74. The molecule has 2 N–H and O–H groups in total. The number of rotatable bonds is 7. The summed E-state index contributed by atoms with van der Waals surface area (Å²) in [6.45, 7) is 3.17. The van der Waals surface area contributed by atoms with Crippen LogP contribution in [0.3, 0.4) is 0 Å². The maximum absolute atomic E-state index is 12.0. The molecule has 0 radical (unpaired) electrons. The van der Waals surface area contributed by atoms with Crippen LogP contribution in [0.25, 0.3) is 0 Å². The normalized spacial score (nSPS) is 13.7. The molecule has 10 nitrogen and oxygen atoms in total. The average Bonchev–Trinajstić information content (AvgIpc) is 2.71. The highest BCUT2D eigenvalue weighted by Gasteiger charge is 2.17. The Hall–Kier alpha value is -2.85. The lowest BCUT2D eigenvalue weighted by atomic mass is 10.3. The SMILES string of the molecule is CN(C)c1nc(OCCNC(=O)Nc2cccc(Cl)c2)nc(N2CCOCC2)n1. The van der Waals surface area contributed by atoms with Gasteiger partial charge < -0.3 is 29.9 Å². The minimum absolute atomic E-state index is 0.210. The molecule has 0 spiro atoms. The number of anilines is 3. The van der Waals surface area contributed by atoms with Gasteiger partial charge in [-0.25, -0.2) is 4.79 Å². The minimum atomic E-state index is -0.352. The summed E-state index contributed by atoms with van der Waals surface area (Å²) in [7, 11) is 3.70. The highest BCUT2D eigenvalue weighted by atomic mass is 35.5. The molecule has 2 amide bonds. The Bertz CT molecular complexity index is 831. The lowest BCUT2D eigenvalue weighted by Crippen LogP contribution is -2.37. The molecule has 0 aliphatic carbocycles. The molecular weight excluding hydrogens is 398 g/mol. The van der Waals surface area contributed by atoms with Crippen LogP contribution >= 0.6 is 11.6 Å². The van der Waals surface area contributed by atoms with Gasteiger partial charge in [0, 0.05) is 37.9 Å². The number of carbonyl (C=O) groups is 1. The van der Waals surface area contributed by atoms with Gasteiger partial charge in [-0.15, -0.1) is 0 Å². The van der Waals surface area contributed by atoms with Crippen molar-refractivity contribution in [1.82, 2.24) is 20.3 Å². The molecule has 1 aromatic carbocycles. The van der Waals surface area contributed by atoms with Gasteiger partial charge in [-0.3, -0.25) is 0 Å². The van der Waals surface area contributed by atoms with Gasteiger partial charge in [0.1, 0.15) is 6.61 Å². The number of hydrogen-bond acceptors (Lipinski definition) is 8. The monoisotopic (exact) mass is 421 g/mol. The predicted octanol–water partition coefficient (Wildman–Crippen LogP) is 1.63. The molecule has 0 bridgehead atoms. The first-order valence-corrected chi connectivity index (χ1v) is 9.58. The van der Waals surface area contributed by atoms with Crippen molar-refractivity contribution < 1.29 is 14.3 Å². The zero-order valence-corrected chi connectivity index (χ0v) is 17.1. The zero-order valence-electron chi connectivity index (χ0n) is 16.4. The number of morpholine rings is 1. The van der Waals surface area contributed by atoms with Crippen LogP contribution in [-0.4, -0.2) is 74.5 Å². The van der Waals surface area contributed by atoms with Crippen LogP contribution in [0.4, 0.5) is 22.4 Å².